The van der Waals surface area contributed by atoms with E-state index in [1.165, 1.54) is 50.0 Å². The van der Waals surface area contributed by atoms with E-state index >= 15 is 0 Å². The van der Waals surface area contributed by atoms with Gasteiger partial charge >= 0.3 is 0 Å². The third kappa shape index (κ3) is 5.34. The van der Waals surface area contributed by atoms with Crippen molar-refractivity contribution in [3.8, 4) is 0 Å². The molecule has 1 saturated heterocycles. The highest BCUT2D eigenvalue weighted by Crippen LogP contribution is 2.09. The number of aryl methyl sites for hydroxylation is 1. The third-order valence-corrected chi connectivity index (χ3v) is 4.31. The van der Waals surface area contributed by atoms with Crippen molar-refractivity contribution in [1.29, 1.82) is 0 Å². The number of benzene rings is 1. The largest absolute Gasteiger partial charge is 0.356 e. The standard InChI is InChI=1S/C18H30N4/c1-3-16-9-4-5-10-17(16)15-21-18(19-2)20-11-8-14-22-12-6-7-13-22/h4-5,9-10H,3,6-8,11-15H2,1-2H3,(H2,19,20,21). The lowest BCUT2D eigenvalue weighted by Gasteiger charge is -2.16. The number of likely N-dealkylation sites (tertiary alicyclic amines) is 1. The summed E-state index contributed by atoms with van der Waals surface area (Å²) in [5.41, 5.74) is 2.75. The maximum atomic E-state index is 4.31. The summed E-state index contributed by atoms with van der Waals surface area (Å²) in [5, 5.41) is 6.83. The van der Waals surface area contributed by atoms with Gasteiger partial charge in [0.25, 0.3) is 0 Å². The van der Waals surface area contributed by atoms with Crippen LogP contribution in [-0.4, -0.2) is 44.1 Å². The number of guanidine groups is 1. The zero-order valence-electron chi connectivity index (χ0n) is 14.1. The number of hydrogen-bond acceptors (Lipinski definition) is 2. The van der Waals surface area contributed by atoms with E-state index in [9.17, 15) is 0 Å². The van der Waals surface area contributed by atoms with Crippen LogP contribution < -0.4 is 10.6 Å². The summed E-state index contributed by atoms with van der Waals surface area (Å²) < 4.78 is 0. The molecule has 122 valence electrons. The molecule has 0 aromatic heterocycles. The summed E-state index contributed by atoms with van der Waals surface area (Å²) in [5.74, 6) is 0.896. The zero-order valence-corrected chi connectivity index (χ0v) is 14.1. The number of aliphatic imine (C=N–C) groups is 1. The van der Waals surface area contributed by atoms with Crippen LogP contribution in [0.5, 0.6) is 0 Å². The van der Waals surface area contributed by atoms with E-state index in [4.69, 9.17) is 0 Å². The summed E-state index contributed by atoms with van der Waals surface area (Å²) in [4.78, 5) is 6.86. The van der Waals surface area contributed by atoms with E-state index in [2.05, 4.69) is 51.7 Å². The van der Waals surface area contributed by atoms with Crippen molar-refractivity contribution in [1.82, 2.24) is 15.5 Å². The SMILES string of the molecule is CCc1ccccc1CNC(=NC)NCCCN1CCCC1. The Bertz CT molecular complexity index is 464. The summed E-state index contributed by atoms with van der Waals surface area (Å²) in [7, 11) is 1.83. The molecule has 0 bridgehead atoms. The Morgan fingerprint density at radius 3 is 2.55 bits per heavy atom. The van der Waals surface area contributed by atoms with Crippen LogP contribution in [0.15, 0.2) is 29.3 Å². The second-order valence-electron chi connectivity index (χ2n) is 5.88. The molecule has 4 nitrogen and oxygen atoms in total. The molecule has 1 aliphatic rings. The van der Waals surface area contributed by atoms with Gasteiger partial charge in [-0.2, -0.15) is 0 Å². The van der Waals surface area contributed by atoms with Crippen LogP contribution in [0.1, 0.15) is 37.3 Å². The molecular weight excluding hydrogens is 272 g/mol. The fraction of sp³-hybridized carbons (Fsp3) is 0.611. The predicted octanol–water partition coefficient (Wildman–Crippen LogP) is 2.40. The molecule has 0 atom stereocenters. The summed E-state index contributed by atoms with van der Waals surface area (Å²) in [6.45, 7) is 7.76. The van der Waals surface area contributed by atoms with Crippen molar-refractivity contribution in [3.63, 3.8) is 0 Å². The molecule has 0 spiro atoms. The Labute approximate surface area is 135 Å². The van der Waals surface area contributed by atoms with Crippen molar-refractivity contribution in [2.45, 2.75) is 39.2 Å². The van der Waals surface area contributed by atoms with Gasteiger partial charge in [0.1, 0.15) is 0 Å². The molecular formula is C18H30N4. The first-order valence-electron chi connectivity index (χ1n) is 8.57. The summed E-state index contributed by atoms with van der Waals surface area (Å²) >= 11 is 0. The Morgan fingerprint density at radius 2 is 1.86 bits per heavy atom. The third-order valence-electron chi connectivity index (χ3n) is 4.31. The van der Waals surface area contributed by atoms with Crippen LogP contribution in [0.4, 0.5) is 0 Å². The molecule has 1 fully saturated rings. The van der Waals surface area contributed by atoms with Gasteiger partial charge < -0.3 is 15.5 Å². The maximum Gasteiger partial charge on any atom is 0.191 e. The van der Waals surface area contributed by atoms with Crippen molar-refractivity contribution >= 4 is 5.96 Å². The smallest absolute Gasteiger partial charge is 0.191 e. The minimum atomic E-state index is 0.829. The normalized spacial score (nSPS) is 16.0. The molecule has 0 aliphatic carbocycles. The number of rotatable bonds is 7. The molecule has 0 unspecified atom stereocenters. The van der Waals surface area contributed by atoms with E-state index < -0.39 is 0 Å². The van der Waals surface area contributed by atoms with Crippen LogP contribution >= 0.6 is 0 Å². The molecule has 1 heterocycles. The van der Waals surface area contributed by atoms with E-state index in [1.807, 2.05) is 7.05 Å². The van der Waals surface area contributed by atoms with Gasteiger partial charge in [-0.1, -0.05) is 31.2 Å². The summed E-state index contributed by atoms with van der Waals surface area (Å²) in [6, 6.07) is 8.59. The molecule has 22 heavy (non-hydrogen) atoms. The Balaban J connectivity index is 1.68. The molecule has 0 radical (unpaired) electrons. The molecule has 4 heteroatoms. The lowest BCUT2D eigenvalue weighted by molar-refractivity contribution is 0.334. The highest BCUT2D eigenvalue weighted by atomic mass is 15.2. The molecule has 2 rings (SSSR count). The first kappa shape index (κ1) is 16.8. The van der Waals surface area contributed by atoms with Crippen LogP contribution in [0.25, 0.3) is 0 Å². The fourth-order valence-corrected chi connectivity index (χ4v) is 2.99. The molecule has 2 N–H and O–H groups in total. The van der Waals surface area contributed by atoms with Gasteiger partial charge in [0, 0.05) is 20.1 Å². The van der Waals surface area contributed by atoms with Gasteiger partial charge in [-0.15, -0.1) is 0 Å². The zero-order chi connectivity index (χ0) is 15.6. The maximum absolute atomic E-state index is 4.31. The van der Waals surface area contributed by atoms with Crippen LogP contribution in [-0.2, 0) is 13.0 Å². The molecule has 1 aromatic rings. The first-order valence-corrected chi connectivity index (χ1v) is 8.57. The Kier molecular flexibility index (Phi) is 7.23. The molecule has 0 saturated carbocycles. The Morgan fingerprint density at radius 1 is 1.14 bits per heavy atom. The average molecular weight is 302 g/mol. The quantitative estimate of drug-likeness (QED) is 0.461. The minimum absolute atomic E-state index is 0.829. The minimum Gasteiger partial charge on any atom is -0.356 e. The fourth-order valence-electron chi connectivity index (χ4n) is 2.99. The molecule has 0 amide bonds. The van der Waals surface area contributed by atoms with E-state index in [0.717, 1.165) is 25.5 Å². The lowest BCUT2D eigenvalue weighted by Crippen LogP contribution is -2.38. The topological polar surface area (TPSA) is 39.7 Å². The number of nitrogens with one attached hydrogen (secondary N) is 2. The van der Waals surface area contributed by atoms with Gasteiger partial charge in [-0.3, -0.25) is 4.99 Å². The van der Waals surface area contributed by atoms with Crippen LogP contribution in [0.2, 0.25) is 0 Å². The molecule has 1 aromatic carbocycles. The van der Waals surface area contributed by atoms with Crippen LogP contribution in [0.3, 0.4) is 0 Å². The van der Waals surface area contributed by atoms with E-state index in [0.29, 0.717) is 0 Å². The monoisotopic (exact) mass is 302 g/mol. The number of hydrogen-bond donors (Lipinski definition) is 2. The second kappa shape index (κ2) is 9.46. The predicted molar refractivity (Wildman–Crippen MR) is 94.3 cm³/mol. The van der Waals surface area contributed by atoms with Gasteiger partial charge in [-0.25, -0.2) is 0 Å². The highest BCUT2D eigenvalue weighted by Gasteiger charge is 2.10. The second-order valence-corrected chi connectivity index (χ2v) is 5.88. The van der Waals surface area contributed by atoms with Gasteiger partial charge in [0.15, 0.2) is 5.96 Å². The van der Waals surface area contributed by atoms with Gasteiger partial charge in [0.2, 0.25) is 0 Å². The van der Waals surface area contributed by atoms with Gasteiger partial charge in [-0.05, 0) is 56.4 Å². The van der Waals surface area contributed by atoms with Crippen molar-refractivity contribution in [2.75, 3.05) is 33.2 Å². The highest BCUT2D eigenvalue weighted by molar-refractivity contribution is 5.79. The van der Waals surface area contributed by atoms with Crippen LogP contribution in [0, 0.1) is 0 Å². The van der Waals surface area contributed by atoms with Crippen molar-refractivity contribution < 1.29 is 0 Å². The number of nitrogens with zero attached hydrogens (tertiary/aromatic N) is 2. The first-order chi connectivity index (χ1) is 10.8. The summed E-state index contributed by atoms with van der Waals surface area (Å²) in [6.07, 6.45) is 4.98. The average Bonchev–Trinajstić information content (AvgIpc) is 3.08. The van der Waals surface area contributed by atoms with E-state index in [1.54, 1.807) is 0 Å². The van der Waals surface area contributed by atoms with Gasteiger partial charge in [0.05, 0.1) is 0 Å². The van der Waals surface area contributed by atoms with E-state index in [-0.39, 0.29) is 0 Å². The van der Waals surface area contributed by atoms with Crippen molar-refractivity contribution in [2.24, 2.45) is 4.99 Å². The lowest BCUT2D eigenvalue weighted by atomic mass is 10.1. The van der Waals surface area contributed by atoms with Crippen molar-refractivity contribution in [3.05, 3.63) is 35.4 Å². The molecule has 1 aliphatic heterocycles. The Hall–Kier alpha value is -1.55.